The summed E-state index contributed by atoms with van der Waals surface area (Å²) in [5.74, 6) is 0. The summed E-state index contributed by atoms with van der Waals surface area (Å²) in [5.41, 5.74) is 10.3. The van der Waals surface area contributed by atoms with Crippen molar-refractivity contribution in [3.63, 3.8) is 0 Å². The molecule has 0 unspecified atom stereocenters. The lowest BCUT2D eigenvalue weighted by atomic mass is 10.1. The molecular formula is C20H19N3S. The Morgan fingerprint density at radius 3 is 2.79 bits per heavy atom. The van der Waals surface area contributed by atoms with Crippen LogP contribution in [0.5, 0.6) is 0 Å². The molecule has 0 radical (unpaired) electrons. The Bertz CT molecular complexity index is 881. The van der Waals surface area contributed by atoms with Gasteiger partial charge in [-0.3, -0.25) is 5.43 Å². The molecule has 1 N–H and O–H groups in total. The van der Waals surface area contributed by atoms with Crippen LogP contribution in [0.1, 0.15) is 30.0 Å². The Hall–Kier alpha value is -2.46. The smallest absolute Gasteiger partial charge is 0.203 e. The largest absolute Gasteiger partial charge is 0.252 e. The summed E-state index contributed by atoms with van der Waals surface area (Å²) in [6.07, 6.45) is 3.68. The van der Waals surface area contributed by atoms with Gasteiger partial charge in [0.2, 0.25) is 5.13 Å². The normalized spacial score (nSPS) is 13.8. The molecule has 0 bridgehead atoms. The second-order valence-electron chi connectivity index (χ2n) is 6.05. The highest BCUT2D eigenvalue weighted by Crippen LogP contribution is 2.30. The number of anilines is 1. The van der Waals surface area contributed by atoms with Gasteiger partial charge in [-0.2, -0.15) is 5.10 Å². The number of hydrazone groups is 1. The Kier molecular flexibility index (Phi) is 4.13. The summed E-state index contributed by atoms with van der Waals surface area (Å²) < 4.78 is 0. The molecule has 0 aliphatic heterocycles. The standard InChI is InChI=1S/C20H19N3S/c1-14(15-6-3-2-4-7-15)22-23-20-21-19(13-24-20)18-11-10-16-8-5-9-17(16)12-18/h2-4,6-7,10-13H,5,8-9H2,1H3,(H,21,23)/b22-14-. The third-order valence-corrected chi connectivity index (χ3v) is 5.16. The van der Waals surface area contributed by atoms with Gasteiger partial charge in [0.1, 0.15) is 0 Å². The molecule has 3 nitrogen and oxygen atoms in total. The number of benzene rings is 2. The topological polar surface area (TPSA) is 37.3 Å². The zero-order valence-corrected chi connectivity index (χ0v) is 14.4. The van der Waals surface area contributed by atoms with Gasteiger partial charge in [0, 0.05) is 10.9 Å². The minimum absolute atomic E-state index is 0.820. The van der Waals surface area contributed by atoms with Crippen molar-refractivity contribution >= 4 is 22.2 Å². The van der Waals surface area contributed by atoms with Crippen molar-refractivity contribution in [2.24, 2.45) is 5.10 Å². The highest BCUT2D eigenvalue weighted by Gasteiger charge is 2.12. The number of nitrogens with one attached hydrogen (secondary N) is 1. The van der Waals surface area contributed by atoms with E-state index in [9.17, 15) is 0 Å². The average Bonchev–Trinajstić information content (AvgIpc) is 3.29. The minimum Gasteiger partial charge on any atom is -0.252 e. The molecule has 3 aromatic rings. The van der Waals surface area contributed by atoms with E-state index in [4.69, 9.17) is 0 Å². The third kappa shape index (κ3) is 3.10. The number of nitrogens with zero attached hydrogens (tertiary/aromatic N) is 2. The fourth-order valence-electron chi connectivity index (χ4n) is 3.06. The van der Waals surface area contributed by atoms with Crippen LogP contribution in [0.25, 0.3) is 11.3 Å². The van der Waals surface area contributed by atoms with Gasteiger partial charge < -0.3 is 0 Å². The first-order chi connectivity index (χ1) is 11.8. The molecule has 1 heterocycles. The van der Waals surface area contributed by atoms with Crippen LogP contribution >= 0.6 is 11.3 Å². The summed E-state index contributed by atoms with van der Waals surface area (Å²) in [5, 5.41) is 7.35. The number of hydrogen-bond acceptors (Lipinski definition) is 4. The first-order valence-electron chi connectivity index (χ1n) is 8.23. The van der Waals surface area contributed by atoms with E-state index in [0.29, 0.717) is 0 Å². The molecule has 120 valence electrons. The van der Waals surface area contributed by atoms with E-state index < -0.39 is 0 Å². The lowest BCUT2D eigenvalue weighted by Gasteiger charge is -2.02. The SMILES string of the molecule is C/C(=N/Nc1nc(-c2ccc3c(c2)CCC3)cs1)c1ccccc1. The molecule has 1 aliphatic carbocycles. The summed E-state index contributed by atoms with van der Waals surface area (Å²) in [6, 6.07) is 16.9. The predicted molar refractivity (Wildman–Crippen MR) is 102 cm³/mol. The third-order valence-electron chi connectivity index (χ3n) is 4.41. The first-order valence-corrected chi connectivity index (χ1v) is 9.11. The molecular weight excluding hydrogens is 314 g/mol. The monoisotopic (exact) mass is 333 g/mol. The van der Waals surface area contributed by atoms with Gasteiger partial charge in [-0.05, 0) is 48.9 Å². The molecule has 1 aliphatic rings. The van der Waals surface area contributed by atoms with Crippen LogP contribution in [-0.4, -0.2) is 10.7 Å². The van der Waals surface area contributed by atoms with Crippen LogP contribution in [0.15, 0.2) is 59.0 Å². The van der Waals surface area contributed by atoms with Gasteiger partial charge in [0.15, 0.2) is 0 Å². The summed E-state index contributed by atoms with van der Waals surface area (Å²) >= 11 is 1.59. The fourth-order valence-corrected chi connectivity index (χ4v) is 3.73. The van der Waals surface area contributed by atoms with E-state index in [1.54, 1.807) is 11.3 Å². The Morgan fingerprint density at radius 1 is 1.08 bits per heavy atom. The predicted octanol–water partition coefficient (Wildman–Crippen LogP) is 5.13. The number of rotatable bonds is 4. The van der Waals surface area contributed by atoms with E-state index in [1.165, 1.54) is 36.0 Å². The van der Waals surface area contributed by atoms with E-state index in [2.05, 4.69) is 51.2 Å². The fraction of sp³-hybridized carbons (Fsp3) is 0.200. The minimum atomic E-state index is 0.820. The molecule has 0 spiro atoms. The van der Waals surface area contributed by atoms with Crippen LogP contribution in [0.3, 0.4) is 0 Å². The Labute approximate surface area is 146 Å². The molecule has 0 amide bonds. The van der Waals surface area contributed by atoms with Gasteiger partial charge in [-0.25, -0.2) is 4.98 Å². The Morgan fingerprint density at radius 2 is 1.92 bits per heavy atom. The van der Waals surface area contributed by atoms with Gasteiger partial charge in [0.05, 0.1) is 11.4 Å². The maximum atomic E-state index is 4.67. The van der Waals surface area contributed by atoms with Crippen molar-refractivity contribution < 1.29 is 0 Å². The van der Waals surface area contributed by atoms with E-state index in [1.807, 2.05) is 25.1 Å². The highest BCUT2D eigenvalue weighted by atomic mass is 32.1. The highest BCUT2D eigenvalue weighted by molar-refractivity contribution is 7.14. The number of aryl methyl sites for hydroxylation is 2. The van der Waals surface area contributed by atoms with Gasteiger partial charge in [-0.1, -0.05) is 42.5 Å². The van der Waals surface area contributed by atoms with Crippen molar-refractivity contribution in [1.82, 2.24) is 4.98 Å². The van der Waals surface area contributed by atoms with E-state index in [-0.39, 0.29) is 0 Å². The van der Waals surface area contributed by atoms with Crippen molar-refractivity contribution in [2.45, 2.75) is 26.2 Å². The molecule has 0 fully saturated rings. The Balaban J connectivity index is 1.51. The second kappa shape index (κ2) is 6.57. The van der Waals surface area contributed by atoms with Crippen LogP contribution in [-0.2, 0) is 12.8 Å². The van der Waals surface area contributed by atoms with Crippen molar-refractivity contribution in [3.8, 4) is 11.3 Å². The molecule has 2 aromatic carbocycles. The van der Waals surface area contributed by atoms with Crippen LogP contribution in [0.4, 0.5) is 5.13 Å². The second-order valence-corrected chi connectivity index (χ2v) is 6.91. The van der Waals surface area contributed by atoms with Gasteiger partial charge in [0.25, 0.3) is 0 Å². The number of hydrogen-bond donors (Lipinski definition) is 1. The van der Waals surface area contributed by atoms with Crippen molar-refractivity contribution in [1.29, 1.82) is 0 Å². The van der Waals surface area contributed by atoms with Gasteiger partial charge in [-0.15, -0.1) is 11.3 Å². The summed E-state index contributed by atoms with van der Waals surface area (Å²) in [7, 11) is 0. The van der Waals surface area contributed by atoms with Crippen LogP contribution in [0, 0.1) is 0 Å². The molecule has 24 heavy (non-hydrogen) atoms. The average molecular weight is 333 g/mol. The lowest BCUT2D eigenvalue weighted by Crippen LogP contribution is -1.99. The molecule has 0 saturated carbocycles. The molecule has 0 saturated heterocycles. The van der Waals surface area contributed by atoms with Crippen LogP contribution in [0.2, 0.25) is 0 Å². The number of thiazole rings is 1. The molecule has 4 rings (SSSR count). The maximum Gasteiger partial charge on any atom is 0.203 e. The zero-order valence-electron chi connectivity index (χ0n) is 13.6. The lowest BCUT2D eigenvalue weighted by molar-refractivity contribution is 0.912. The number of fused-ring (bicyclic) bond motifs is 1. The zero-order chi connectivity index (χ0) is 16.4. The van der Waals surface area contributed by atoms with Crippen molar-refractivity contribution in [2.75, 3.05) is 5.43 Å². The first kappa shape index (κ1) is 15.1. The molecule has 1 aromatic heterocycles. The van der Waals surface area contributed by atoms with E-state index >= 15 is 0 Å². The maximum absolute atomic E-state index is 4.67. The quantitative estimate of drug-likeness (QED) is 0.530. The molecule has 0 atom stereocenters. The van der Waals surface area contributed by atoms with Crippen LogP contribution < -0.4 is 5.43 Å². The number of aromatic nitrogens is 1. The van der Waals surface area contributed by atoms with Crippen molar-refractivity contribution in [3.05, 3.63) is 70.6 Å². The van der Waals surface area contributed by atoms with Gasteiger partial charge >= 0.3 is 0 Å². The summed E-state index contributed by atoms with van der Waals surface area (Å²) in [6.45, 7) is 2.00. The van der Waals surface area contributed by atoms with E-state index in [0.717, 1.165) is 22.1 Å². The molecule has 4 heteroatoms. The summed E-state index contributed by atoms with van der Waals surface area (Å²) in [4.78, 5) is 4.67.